The van der Waals surface area contributed by atoms with Crippen LogP contribution in [0, 0.1) is 5.41 Å². The second-order valence-electron chi connectivity index (χ2n) is 5.55. The number of amides is 2. The third kappa shape index (κ3) is 6.81. The molecular formula is C12H24N2O3. The number of rotatable bonds is 5. The lowest BCUT2D eigenvalue weighted by molar-refractivity contribution is -0.139. The number of nitrogens with one attached hydrogen (secondary N) is 1. The van der Waals surface area contributed by atoms with Crippen molar-refractivity contribution in [1.29, 1.82) is 0 Å². The van der Waals surface area contributed by atoms with Gasteiger partial charge >= 0.3 is 12.0 Å². The fourth-order valence-corrected chi connectivity index (χ4v) is 1.59. The van der Waals surface area contributed by atoms with E-state index in [1.807, 2.05) is 27.7 Å². The molecule has 0 bridgehead atoms. The fraction of sp³-hybridized carbons (Fsp3) is 0.833. The quantitative estimate of drug-likeness (QED) is 0.776. The fourth-order valence-electron chi connectivity index (χ4n) is 1.59. The summed E-state index contributed by atoms with van der Waals surface area (Å²) in [5, 5.41) is 11.5. The molecule has 5 heteroatoms. The van der Waals surface area contributed by atoms with Gasteiger partial charge in [0.1, 0.15) is 6.04 Å². The average molecular weight is 244 g/mol. The number of nitrogens with zero attached hydrogens (tertiary/aromatic N) is 1. The first-order valence-corrected chi connectivity index (χ1v) is 5.92. The molecule has 2 amide bonds. The van der Waals surface area contributed by atoms with Crippen LogP contribution in [0.2, 0.25) is 0 Å². The Kier molecular flexibility index (Phi) is 5.99. The minimum Gasteiger partial charge on any atom is -0.480 e. The molecule has 0 aliphatic rings. The summed E-state index contributed by atoms with van der Waals surface area (Å²) in [5.41, 5.74) is -0.00440. The van der Waals surface area contributed by atoms with E-state index in [1.54, 1.807) is 7.05 Å². The first-order valence-electron chi connectivity index (χ1n) is 5.92. The highest BCUT2D eigenvalue weighted by Crippen LogP contribution is 2.14. The van der Waals surface area contributed by atoms with Crippen LogP contribution in [-0.2, 0) is 4.79 Å². The maximum Gasteiger partial charge on any atom is 0.326 e. The maximum absolute atomic E-state index is 11.8. The lowest BCUT2D eigenvalue weighted by Crippen LogP contribution is -2.48. The second-order valence-corrected chi connectivity index (χ2v) is 5.55. The summed E-state index contributed by atoms with van der Waals surface area (Å²) in [6.07, 6.45) is 1.17. The lowest BCUT2D eigenvalue weighted by Gasteiger charge is -2.27. The van der Waals surface area contributed by atoms with Crippen molar-refractivity contribution in [2.24, 2.45) is 5.41 Å². The van der Waals surface area contributed by atoms with Gasteiger partial charge in [0.25, 0.3) is 0 Å². The van der Waals surface area contributed by atoms with Gasteiger partial charge in [0.15, 0.2) is 0 Å². The van der Waals surface area contributed by atoms with Crippen molar-refractivity contribution < 1.29 is 14.7 Å². The average Bonchev–Trinajstić information content (AvgIpc) is 2.13. The summed E-state index contributed by atoms with van der Waals surface area (Å²) < 4.78 is 0. The summed E-state index contributed by atoms with van der Waals surface area (Å²) in [6, 6.07) is -1.13. The van der Waals surface area contributed by atoms with Crippen molar-refractivity contribution in [3.8, 4) is 0 Å². The molecule has 0 rings (SSSR count). The molecule has 100 valence electrons. The predicted octanol–water partition coefficient (Wildman–Crippen LogP) is 1.93. The van der Waals surface area contributed by atoms with Gasteiger partial charge in [-0.2, -0.15) is 0 Å². The second kappa shape index (κ2) is 6.47. The zero-order valence-corrected chi connectivity index (χ0v) is 11.4. The first kappa shape index (κ1) is 15.7. The van der Waals surface area contributed by atoms with Crippen molar-refractivity contribution in [2.75, 3.05) is 13.6 Å². The number of carbonyl (C=O) groups excluding carboxylic acids is 1. The molecule has 0 heterocycles. The molecular weight excluding hydrogens is 220 g/mol. The first-order chi connectivity index (χ1) is 7.67. The largest absolute Gasteiger partial charge is 0.480 e. The number of urea groups is 1. The number of carboxylic acid groups (broad SMARTS) is 1. The highest BCUT2D eigenvalue weighted by Gasteiger charge is 2.23. The van der Waals surface area contributed by atoms with E-state index in [2.05, 4.69) is 5.32 Å². The van der Waals surface area contributed by atoms with Gasteiger partial charge in [0, 0.05) is 13.6 Å². The van der Waals surface area contributed by atoms with Crippen LogP contribution in [0.15, 0.2) is 0 Å². The lowest BCUT2D eigenvalue weighted by atomic mass is 9.96. The Morgan fingerprint density at radius 1 is 1.35 bits per heavy atom. The molecule has 17 heavy (non-hydrogen) atoms. The molecule has 2 N–H and O–H groups in total. The zero-order chi connectivity index (χ0) is 13.6. The zero-order valence-electron chi connectivity index (χ0n) is 11.4. The topological polar surface area (TPSA) is 69.6 Å². The minimum atomic E-state index is -0.982. The van der Waals surface area contributed by atoms with Gasteiger partial charge < -0.3 is 15.3 Å². The van der Waals surface area contributed by atoms with E-state index in [-0.39, 0.29) is 11.4 Å². The van der Waals surface area contributed by atoms with Crippen LogP contribution in [-0.4, -0.2) is 41.6 Å². The van der Waals surface area contributed by atoms with Crippen LogP contribution >= 0.6 is 0 Å². The van der Waals surface area contributed by atoms with E-state index in [0.29, 0.717) is 13.0 Å². The van der Waals surface area contributed by atoms with Gasteiger partial charge in [-0.15, -0.1) is 0 Å². The Bertz CT molecular complexity index is 271. The van der Waals surface area contributed by atoms with Crippen LogP contribution in [0.3, 0.4) is 0 Å². The number of hydrogen-bond donors (Lipinski definition) is 2. The summed E-state index contributed by atoms with van der Waals surface area (Å²) in [5.74, 6) is -0.982. The SMILES string of the molecule is CCC[C@@H](NC(=O)N(C)CC(C)(C)C)C(=O)O. The summed E-state index contributed by atoms with van der Waals surface area (Å²) in [6.45, 7) is 8.55. The molecule has 0 saturated carbocycles. The minimum absolute atomic E-state index is 0.00440. The van der Waals surface area contributed by atoms with Gasteiger partial charge in [-0.25, -0.2) is 9.59 Å². The van der Waals surface area contributed by atoms with E-state index in [1.165, 1.54) is 4.90 Å². The monoisotopic (exact) mass is 244 g/mol. The van der Waals surface area contributed by atoms with Crippen LogP contribution < -0.4 is 5.32 Å². The van der Waals surface area contributed by atoms with Gasteiger partial charge in [-0.05, 0) is 11.8 Å². The molecule has 0 spiro atoms. The van der Waals surface area contributed by atoms with Crippen molar-refractivity contribution in [2.45, 2.75) is 46.6 Å². The molecule has 0 aromatic heterocycles. The molecule has 0 radical (unpaired) electrons. The number of carboxylic acids is 1. The van der Waals surface area contributed by atoms with Crippen molar-refractivity contribution >= 4 is 12.0 Å². The molecule has 0 fully saturated rings. The molecule has 0 aromatic rings. The van der Waals surface area contributed by atoms with E-state index >= 15 is 0 Å². The number of carbonyl (C=O) groups is 2. The number of hydrogen-bond acceptors (Lipinski definition) is 2. The van der Waals surface area contributed by atoms with Gasteiger partial charge in [-0.1, -0.05) is 34.1 Å². The summed E-state index contributed by atoms with van der Waals surface area (Å²) in [4.78, 5) is 24.2. The summed E-state index contributed by atoms with van der Waals surface area (Å²) in [7, 11) is 1.67. The number of aliphatic carboxylic acids is 1. The van der Waals surface area contributed by atoms with Gasteiger partial charge in [-0.3, -0.25) is 0 Å². The summed E-state index contributed by atoms with van der Waals surface area (Å²) >= 11 is 0. The van der Waals surface area contributed by atoms with E-state index in [9.17, 15) is 9.59 Å². The molecule has 0 aliphatic heterocycles. The van der Waals surface area contributed by atoms with E-state index in [0.717, 1.165) is 6.42 Å². The van der Waals surface area contributed by atoms with Crippen molar-refractivity contribution in [3.63, 3.8) is 0 Å². The van der Waals surface area contributed by atoms with E-state index in [4.69, 9.17) is 5.11 Å². The third-order valence-corrected chi connectivity index (χ3v) is 2.23. The van der Waals surface area contributed by atoms with Crippen LogP contribution in [0.4, 0.5) is 4.79 Å². The molecule has 5 nitrogen and oxygen atoms in total. The Hall–Kier alpha value is -1.26. The van der Waals surface area contributed by atoms with Crippen molar-refractivity contribution in [3.05, 3.63) is 0 Å². The molecule has 0 unspecified atom stereocenters. The molecule has 0 saturated heterocycles. The normalized spacial score (nSPS) is 13.0. The Balaban J connectivity index is 4.35. The van der Waals surface area contributed by atoms with Crippen LogP contribution in [0.5, 0.6) is 0 Å². The highest BCUT2D eigenvalue weighted by atomic mass is 16.4. The Labute approximate surface area is 103 Å². The third-order valence-electron chi connectivity index (χ3n) is 2.23. The van der Waals surface area contributed by atoms with Crippen molar-refractivity contribution in [1.82, 2.24) is 10.2 Å². The standard InChI is InChI=1S/C12H24N2O3/c1-6-7-9(10(15)16)13-11(17)14(5)8-12(2,3)4/h9H,6-8H2,1-5H3,(H,13,17)(H,15,16)/t9-/m1/s1. The van der Waals surface area contributed by atoms with Gasteiger partial charge in [0.2, 0.25) is 0 Å². The van der Waals surface area contributed by atoms with Crippen LogP contribution in [0.1, 0.15) is 40.5 Å². The molecule has 1 atom stereocenters. The molecule has 0 aliphatic carbocycles. The van der Waals surface area contributed by atoms with Crippen LogP contribution in [0.25, 0.3) is 0 Å². The maximum atomic E-state index is 11.8. The smallest absolute Gasteiger partial charge is 0.326 e. The Morgan fingerprint density at radius 3 is 2.24 bits per heavy atom. The predicted molar refractivity (Wildman–Crippen MR) is 66.9 cm³/mol. The Morgan fingerprint density at radius 2 is 1.88 bits per heavy atom. The molecule has 0 aromatic carbocycles. The van der Waals surface area contributed by atoms with Gasteiger partial charge in [0.05, 0.1) is 0 Å². The van der Waals surface area contributed by atoms with E-state index < -0.39 is 12.0 Å². The highest BCUT2D eigenvalue weighted by molar-refractivity contribution is 5.82.